The molecule has 0 radical (unpaired) electrons. The van der Waals surface area contributed by atoms with Crippen LogP contribution in [0, 0.1) is 5.41 Å². The molecule has 0 unspecified atom stereocenters. The summed E-state index contributed by atoms with van der Waals surface area (Å²) in [5.41, 5.74) is -0.961. The van der Waals surface area contributed by atoms with Crippen LogP contribution in [-0.2, 0) is 75.8 Å². The van der Waals surface area contributed by atoms with E-state index < -0.39 is 181 Å². The minimum Gasteiger partial charge on any atom is -0.459 e. The second-order valence-electron chi connectivity index (χ2n) is 26.8. The molecule has 10 aromatic carbocycles. The van der Waals surface area contributed by atoms with E-state index in [0.717, 1.165) is 0 Å². The van der Waals surface area contributed by atoms with Crippen molar-refractivity contribution in [3.8, 4) is 0 Å². The molecule has 614 valence electrons. The number of ether oxygens (including phenoxy) is 16. The number of nitrogens with one attached hydrogen (secondary N) is 1. The van der Waals surface area contributed by atoms with Gasteiger partial charge in [0.05, 0.1) is 55.6 Å². The van der Waals surface area contributed by atoms with Crippen molar-refractivity contribution in [2.75, 3.05) is 19.8 Å². The SMILES string of the molecule is N=C(O[C@H]1O[C@H](COC(=O)c2ccccc2)[C@@H](O[C@@H]2O[C@H](COC(=O)c3ccccc3)[C@H](OC(=O)c3ccccc3)[C@H](O[C@H]3O[C@H](COC(=O)c4ccccc4)[C@H](OC(=O)c4ccccc4)[C@H](OC(=O)c4ccccc4)[C@H]3OC(=O)c3ccccc3)[C@H]2OC(=O)c2ccccc2)[C@H](OC(=O)c2ccccc2)[C@H]1OC(=O)c1ccccc1)C(Cl)(Cl)Cl. The molecule has 0 amide bonds. The number of carbonyl (C=O) groups excluding carboxylic acids is 10. The van der Waals surface area contributed by atoms with Gasteiger partial charge in [-0.05, 0) is 121 Å². The second-order valence-corrected chi connectivity index (χ2v) is 29.1. The summed E-state index contributed by atoms with van der Waals surface area (Å²) < 4.78 is 102. The molecule has 3 fully saturated rings. The maximum absolute atomic E-state index is 15.6. The maximum atomic E-state index is 15.6. The zero-order valence-electron chi connectivity index (χ0n) is 62.9. The van der Waals surface area contributed by atoms with Crippen molar-refractivity contribution in [3.63, 3.8) is 0 Å². The van der Waals surface area contributed by atoms with Gasteiger partial charge in [-0.3, -0.25) is 5.41 Å². The Labute approximate surface area is 700 Å². The number of hydrogen-bond donors (Lipinski definition) is 1. The van der Waals surface area contributed by atoms with Crippen LogP contribution < -0.4 is 0 Å². The molecule has 13 rings (SSSR count). The predicted molar refractivity (Wildman–Crippen MR) is 425 cm³/mol. The number of esters is 10. The van der Waals surface area contributed by atoms with Gasteiger partial charge in [-0.2, -0.15) is 0 Å². The lowest BCUT2D eigenvalue weighted by Crippen LogP contribution is -2.69. The highest BCUT2D eigenvalue weighted by Crippen LogP contribution is 2.41. The minimum atomic E-state index is -2.71. The summed E-state index contributed by atoms with van der Waals surface area (Å²) in [4.78, 5) is 149. The highest BCUT2D eigenvalue weighted by Gasteiger charge is 2.62. The number of carbonyl (C=O) groups is 10. The van der Waals surface area contributed by atoms with E-state index in [0.29, 0.717) is 0 Å². The van der Waals surface area contributed by atoms with E-state index in [2.05, 4.69) is 0 Å². The lowest BCUT2D eigenvalue weighted by molar-refractivity contribution is -0.375. The van der Waals surface area contributed by atoms with E-state index in [9.17, 15) is 24.0 Å². The number of halogens is 3. The number of benzene rings is 10. The van der Waals surface area contributed by atoms with Crippen LogP contribution in [-0.4, -0.2) is 181 Å². The first kappa shape index (κ1) is 84.9. The van der Waals surface area contributed by atoms with Gasteiger partial charge >= 0.3 is 59.7 Å². The molecule has 10 aromatic rings. The average molecular weight is 1690 g/mol. The number of hydrogen-bond acceptors (Lipinski definition) is 27. The van der Waals surface area contributed by atoms with Crippen LogP contribution in [0.1, 0.15) is 104 Å². The molecule has 0 aliphatic carbocycles. The third-order valence-electron chi connectivity index (χ3n) is 18.8. The highest BCUT2D eigenvalue weighted by atomic mass is 35.6. The van der Waals surface area contributed by atoms with Crippen LogP contribution in [0.4, 0.5) is 0 Å². The number of alkyl halides is 3. The maximum Gasteiger partial charge on any atom is 0.338 e. The molecule has 3 aliphatic rings. The van der Waals surface area contributed by atoms with E-state index in [1.165, 1.54) is 231 Å². The molecular formula is C90H72Cl3NO26. The van der Waals surface area contributed by atoms with E-state index in [4.69, 9.17) is 116 Å². The van der Waals surface area contributed by atoms with Crippen molar-refractivity contribution >= 4 is 100 Å². The molecule has 1 N–H and O–H groups in total. The lowest BCUT2D eigenvalue weighted by atomic mass is 9.94. The van der Waals surface area contributed by atoms with Gasteiger partial charge in [0.15, 0.2) is 49.2 Å². The smallest absolute Gasteiger partial charge is 0.338 e. The van der Waals surface area contributed by atoms with Gasteiger partial charge in [-0.15, -0.1) is 0 Å². The zero-order chi connectivity index (χ0) is 84.1. The quantitative estimate of drug-likeness (QED) is 0.0156. The van der Waals surface area contributed by atoms with Crippen LogP contribution in [0.15, 0.2) is 303 Å². The molecule has 0 spiro atoms. The molecule has 3 heterocycles. The minimum absolute atomic E-state index is 0.0158. The van der Waals surface area contributed by atoms with Crippen LogP contribution in [0.5, 0.6) is 0 Å². The van der Waals surface area contributed by atoms with Crippen LogP contribution >= 0.6 is 34.8 Å². The first-order valence-electron chi connectivity index (χ1n) is 37.3. The van der Waals surface area contributed by atoms with Gasteiger partial charge in [-0.1, -0.05) is 217 Å². The van der Waals surface area contributed by atoms with Crippen molar-refractivity contribution in [1.82, 2.24) is 0 Å². The molecule has 0 saturated carbocycles. The Kier molecular flexibility index (Phi) is 28.6. The van der Waals surface area contributed by atoms with Gasteiger partial charge in [0.25, 0.3) is 3.79 Å². The average Bonchev–Trinajstić information content (AvgIpc) is 0.757. The molecule has 3 aliphatic heterocycles. The van der Waals surface area contributed by atoms with Crippen molar-refractivity contribution in [2.24, 2.45) is 0 Å². The van der Waals surface area contributed by atoms with Crippen LogP contribution in [0.3, 0.4) is 0 Å². The fourth-order valence-corrected chi connectivity index (χ4v) is 13.0. The lowest BCUT2D eigenvalue weighted by Gasteiger charge is -2.50. The topological polar surface area (TPSA) is 342 Å². The summed E-state index contributed by atoms with van der Waals surface area (Å²) in [7, 11) is 0. The molecule has 3 saturated heterocycles. The Morgan fingerprint density at radius 1 is 0.233 bits per heavy atom. The highest BCUT2D eigenvalue weighted by molar-refractivity contribution is 6.76. The Morgan fingerprint density at radius 2 is 0.417 bits per heavy atom. The third kappa shape index (κ3) is 21.9. The molecule has 0 aromatic heterocycles. The van der Waals surface area contributed by atoms with Crippen molar-refractivity contribution in [2.45, 2.75) is 95.9 Å². The first-order valence-corrected chi connectivity index (χ1v) is 38.4. The largest absolute Gasteiger partial charge is 0.459 e. The fourth-order valence-electron chi connectivity index (χ4n) is 12.9. The normalized spacial score (nSPS) is 22.5. The van der Waals surface area contributed by atoms with E-state index in [1.807, 2.05) is 0 Å². The Bertz CT molecular complexity index is 5170. The van der Waals surface area contributed by atoms with Crippen molar-refractivity contribution in [3.05, 3.63) is 359 Å². The first-order chi connectivity index (χ1) is 58.2. The second kappa shape index (κ2) is 40.5. The zero-order valence-corrected chi connectivity index (χ0v) is 65.2. The van der Waals surface area contributed by atoms with Gasteiger partial charge in [-0.25, -0.2) is 47.9 Å². The summed E-state index contributed by atoms with van der Waals surface area (Å²) >= 11 is 18.9. The van der Waals surface area contributed by atoms with Gasteiger partial charge in [0.1, 0.15) is 50.3 Å². The monoisotopic (exact) mass is 1690 g/mol. The summed E-state index contributed by atoms with van der Waals surface area (Å²) in [6.45, 7) is -2.94. The van der Waals surface area contributed by atoms with E-state index in [1.54, 1.807) is 72.8 Å². The third-order valence-corrected chi connectivity index (χ3v) is 19.3. The molecule has 120 heavy (non-hydrogen) atoms. The molecule has 30 heteroatoms. The van der Waals surface area contributed by atoms with Crippen molar-refractivity contribution < 1.29 is 124 Å². The van der Waals surface area contributed by atoms with E-state index in [-0.39, 0.29) is 55.6 Å². The summed E-state index contributed by atoms with van der Waals surface area (Å²) in [5, 5.41) is 8.94. The summed E-state index contributed by atoms with van der Waals surface area (Å²) in [5.74, 6) is -12.3. The Balaban J connectivity index is 1.04. The predicted octanol–water partition coefficient (Wildman–Crippen LogP) is 13.4. The standard InChI is InChI=1S/C90H72Cl3NO26/c91-90(92,93)89(94)120-88-74(116-84(103)62-47-27-9-28-48-62)71(114-82(101)60-43-23-7-24-44-60)69(66(110-88)53-107-78(97)56-35-15-3-16-36-56)118-86-75(117-85(104)63-49-29-10-30-50-63)72(68(112-80(99)58-39-19-5-20-40-58)65(108-86)52-106-77(96)55-33-13-2-14-34-55)119-87-73(115-83(102)61-45-25-8-26-46-61)70(113-81(100)59-41-21-6-22-42-59)67(111-79(98)57-37-17-4-18-38-57)64(109-87)51-105-76(95)54-31-11-1-12-32-54/h1-50,64-75,86-88,94H,51-53H2/t64-,65-,66-,67+,68+,69-,70+,71+,72+,73-,74-,75-,86+,87-,88-/m1/s1. The Morgan fingerprint density at radius 3 is 0.675 bits per heavy atom. The molecule has 15 atom stereocenters. The van der Waals surface area contributed by atoms with Crippen molar-refractivity contribution in [1.29, 1.82) is 5.41 Å². The van der Waals surface area contributed by atoms with E-state index >= 15 is 24.0 Å². The molecule has 0 bridgehead atoms. The van der Waals surface area contributed by atoms with Crippen LogP contribution in [0.25, 0.3) is 0 Å². The van der Waals surface area contributed by atoms with Gasteiger partial charge in [0.2, 0.25) is 18.3 Å². The Hall–Kier alpha value is -13.0. The van der Waals surface area contributed by atoms with Gasteiger partial charge < -0.3 is 75.8 Å². The summed E-state index contributed by atoms with van der Waals surface area (Å²) in [6, 6.07) is 74.1. The summed E-state index contributed by atoms with van der Waals surface area (Å²) in [6.07, 6.45) is -33.2. The molecule has 27 nitrogen and oxygen atoms in total. The fraction of sp³-hybridized carbons (Fsp3) is 0.211. The number of rotatable bonds is 28. The van der Waals surface area contributed by atoms with Crippen LogP contribution in [0.2, 0.25) is 0 Å². The van der Waals surface area contributed by atoms with Gasteiger partial charge in [0, 0.05) is 0 Å². The molecular weight excluding hydrogens is 1620 g/mol.